The molecule has 1 saturated heterocycles. The van der Waals surface area contributed by atoms with E-state index in [9.17, 15) is 18.0 Å². The fraction of sp³-hybridized carbons (Fsp3) is 0.625. The number of aromatic nitrogens is 1. The van der Waals surface area contributed by atoms with E-state index in [1.54, 1.807) is 11.8 Å². The minimum absolute atomic E-state index is 0.146. The van der Waals surface area contributed by atoms with Crippen LogP contribution in [0.5, 0.6) is 5.88 Å². The van der Waals surface area contributed by atoms with Crippen molar-refractivity contribution in [3.05, 3.63) is 23.4 Å². The van der Waals surface area contributed by atoms with E-state index in [1.165, 1.54) is 6.07 Å². The van der Waals surface area contributed by atoms with Crippen molar-refractivity contribution in [1.82, 2.24) is 9.88 Å². The molecule has 0 bridgehead atoms. The highest BCUT2D eigenvalue weighted by molar-refractivity contribution is 5.49. The number of ether oxygens (including phenoxy) is 1. The molecule has 0 unspecified atom stereocenters. The van der Waals surface area contributed by atoms with Gasteiger partial charge in [-0.25, -0.2) is 4.98 Å². The Morgan fingerprint density at radius 2 is 1.96 bits per heavy atom. The van der Waals surface area contributed by atoms with E-state index < -0.39 is 11.7 Å². The number of hydrogen-bond donors (Lipinski definition) is 0. The second-order valence-electron chi connectivity index (χ2n) is 6.63. The van der Waals surface area contributed by atoms with Gasteiger partial charge in [-0.1, -0.05) is 0 Å². The molecule has 1 aliphatic carbocycles. The van der Waals surface area contributed by atoms with E-state index in [0.717, 1.165) is 38.4 Å². The van der Waals surface area contributed by atoms with Gasteiger partial charge in [0, 0.05) is 24.2 Å². The summed E-state index contributed by atoms with van der Waals surface area (Å²) in [5, 5.41) is 0. The number of carbonyl (C=O) groups excluding carboxylic acids is 1. The number of amides is 1. The van der Waals surface area contributed by atoms with E-state index >= 15 is 0 Å². The van der Waals surface area contributed by atoms with Crippen molar-refractivity contribution in [2.45, 2.75) is 44.9 Å². The Labute approximate surface area is 132 Å². The molecule has 0 atom stereocenters. The monoisotopic (exact) mass is 328 g/mol. The molecule has 1 saturated carbocycles. The first kappa shape index (κ1) is 16.1. The van der Waals surface area contributed by atoms with Crippen LogP contribution in [-0.2, 0) is 11.0 Å². The number of alkyl halides is 3. The summed E-state index contributed by atoms with van der Waals surface area (Å²) in [6.07, 6.45) is -0.741. The molecule has 2 heterocycles. The van der Waals surface area contributed by atoms with Gasteiger partial charge in [0.1, 0.15) is 11.7 Å². The molecule has 2 fully saturated rings. The van der Waals surface area contributed by atoms with Crippen LogP contribution in [0.4, 0.5) is 13.2 Å². The lowest BCUT2D eigenvalue weighted by Gasteiger charge is -2.51. The van der Waals surface area contributed by atoms with Crippen LogP contribution in [0.15, 0.2) is 12.1 Å². The molecule has 0 N–H and O–H groups in total. The van der Waals surface area contributed by atoms with Crippen LogP contribution in [0.25, 0.3) is 0 Å². The largest absolute Gasteiger partial charge is 0.474 e. The highest BCUT2D eigenvalue weighted by atomic mass is 19.4. The average Bonchev–Trinajstić information content (AvgIpc) is 2.44. The maximum Gasteiger partial charge on any atom is 0.421 e. The van der Waals surface area contributed by atoms with Gasteiger partial charge >= 0.3 is 6.18 Å². The van der Waals surface area contributed by atoms with Crippen molar-refractivity contribution >= 4 is 6.41 Å². The first-order chi connectivity index (χ1) is 10.8. The standard InChI is InChI=1S/C16H19F3N2O2/c1-11-2-3-13(16(17,18)19)14(20-11)23-12-4-6-15(7-5-12)8-21(9-15)10-22/h2-3,10,12H,4-9H2,1H3. The molecule has 4 nitrogen and oxygen atoms in total. The topological polar surface area (TPSA) is 42.4 Å². The van der Waals surface area contributed by atoms with Crippen molar-refractivity contribution in [1.29, 1.82) is 0 Å². The highest BCUT2D eigenvalue weighted by Gasteiger charge is 2.45. The Kier molecular flexibility index (Phi) is 3.98. The Morgan fingerprint density at radius 1 is 1.30 bits per heavy atom. The van der Waals surface area contributed by atoms with Crippen LogP contribution in [0.2, 0.25) is 0 Å². The van der Waals surface area contributed by atoms with E-state index in [0.29, 0.717) is 18.5 Å². The summed E-state index contributed by atoms with van der Waals surface area (Å²) >= 11 is 0. The molecule has 2 aliphatic rings. The van der Waals surface area contributed by atoms with Crippen molar-refractivity contribution in [3.8, 4) is 5.88 Å². The molecular weight excluding hydrogens is 309 g/mol. The lowest BCUT2D eigenvalue weighted by molar-refractivity contribution is -0.140. The molecule has 3 rings (SSSR count). The zero-order valence-corrected chi connectivity index (χ0v) is 12.9. The van der Waals surface area contributed by atoms with Crippen LogP contribution >= 0.6 is 0 Å². The van der Waals surface area contributed by atoms with E-state index in [-0.39, 0.29) is 17.4 Å². The van der Waals surface area contributed by atoms with Gasteiger partial charge in [-0.05, 0) is 44.7 Å². The van der Waals surface area contributed by atoms with Crippen molar-refractivity contribution in [3.63, 3.8) is 0 Å². The number of likely N-dealkylation sites (tertiary alicyclic amines) is 1. The quantitative estimate of drug-likeness (QED) is 0.800. The van der Waals surface area contributed by atoms with Gasteiger partial charge in [0.2, 0.25) is 12.3 Å². The minimum atomic E-state index is -4.47. The van der Waals surface area contributed by atoms with Gasteiger partial charge in [0.25, 0.3) is 0 Å². The van der Waals surface area contributed by atoms with Crippen LogP contribution in [0.1, 0.15) is 36.9 Å². The Morgan fingerprint density at radius 3 is 2.52 bits per heavy atom. The average molecular weight is 328 g/mol. The summed E-state index contributed by atoms with van der Waals surface area (Å²) < 4.78 is 44.7. The molecule has 0 aromatic carbocycles. The predicted octanol–water partition coefficient (Wildman–Crippen LogP) is 3.19. The predicted molar refractivity (Wildman–Crippen MR) is 76.9 cm³/mol. The zero-order chi connectivity index (χ0) is 16.7. The smallest absolute Gasteiger partial charge is 0.421 e. The first-order valence-electron chi connectivity index (χ1n) is 7.72. The second kappa shape index (κ2) is 5.69. The fourth-order valence-corrected chi connectivity index (χ4v) is 3.52. The fourth-order valence-electron chi connectivity index (χ4n) is 3.52. The van der Waals surface area contributed by atoms with Crippen LogP contribution in [-0.4, -0.2) is 35.5 Å². The number of rotatable bonds is 3. The molecule has 1 aliphatic heterocycles. The summed E-state index contributed by atoms with van der Waals surface area (Å²) in [4.78, 5) is 16.3. The lowest BCUT2D eigenvalue weighted by Crippen LogP contribution is -2.57. The number of aryl methyl sites for hydroxylation is 1. The summed E-state index contributed by atoms with van der Waals surface area (Å²) in [5.74, 6) is -0.318. The molecule has 1 aromatic rings. The van der Waals surface area contributed by atoms with Crippen LogP contribution < -0.4 is 4.74 Å². The SMILES string of the molecule is Cc1ccc(C(F)(F)F)c(OC2CCC3(CC2)CN(C=O)C3)n1. The summed E-state index contributed by atoms with van der Waals surface area (Å²) in [6, 6.07) is 2.36. The highest BCUT2D eigenvalue weighted by Crippen LogP contribution is 2.44. The summed E-state index contributed by atoms with van der Waals surface area (Å²) in [7, 11) is 0. The zero-order valence-electron chi connectivity index (χ0n) is 12.9. The number of pyridine rings is 1. The van der Waals surface area contributed by atoms with Gasteiger partial charge in [-0.15, -0.1) is 0 Å². The molecule has 1 spiro atoms. The lowest BCUT2D eigenvalue weighted by atomic mass is 9.68. The molecular formula is C16H19F3N2O2. The van der Waals surface area contributed by atoms with Crippen LogP contribution in [0, 0.1) is 12.3 Å². The minimum Gasteiger partial charge on any atom is -0.474 e. The number of nitrogens with zero attached hydrogens (tertiary/aromatic N) is 2. The van der Waals surface area contributed by atoms with Gasteiger partial charge < -0.3 is 9.64 Å². The second-order valence-corrected chi connectivity index (χ2v) is 6.63. The van der Waals surface area contributed by atoms with Crippen LogP contribution in [0.3, 0.4) is 0 Å². The number of halogens is 3. The Balaban J connectivity index is 1.65. The third-order valence-electron chi connectivity index (χ3n) is 4.80. The normalized spacial score (nSPS) is 21.1. The van der Waals surface area contributed by atoms with Gasteiger partial charge in [0.05, 0.1) is 0 Å². The van der Waals surface area contributed by atoms with Gasteiger partial charge in [-0.2, -0.15) is 13.2 Å². The van der Waals surface area contributed by atoms with Gasteiger partial charge in [-0.3, -0.25) is 4.79 Å². The Bertz CT molecular complexity index is 587. The van der Waals surface area contributed by atoms with Crippen molar-refractivity contribution in [2.24, 2.45) is 5.41 Å². The van der Waals surface area contributed by atoms with E-state index in [4.69, 9.17) is 4.74 Å². The van der Waals surface area contributed by atoms with Crippen molar-refractivity contribution in [2.75, 3.05) is 13.1 Å². The summed E-state index contributed by atoms with van der Waals surface area (Å²) in [5.41, 5.74) is -0.173. The molecule has 0 radical (unpaired) electrons. The van der Waals surface area contributed by atoms with E-state index in [1.807, 2.05) is 0 Å². The third kappa shape index (κ3) is 3.28. The summed E-state index contributed by atoms with van der Waals surface area (Å²) in [6.45, 7) is 3.14. The number of hydrogen-bond acceptors (Lipinski definition) is 3. The van der Waals surface area contributed by atoms with Crippen molar-refractivity contribution < 1.29 is 22.7 Å². The first-order valence-corrected chi connectivity index (χ1v) is 7.72. The molecule has 126 valence electrons. The molecule has 23 heavy (non-hydrogen) atoms. The maximum atomic E-state index is 13.0. The van der Waals surface area contributed by atoms with E-state index in [2.05, 4.69) is 4.98 Å². The van der Waals surface area contributed by atoms with Gasteiger partial charge in [0.15, 0.2) is 0 Å². The Hall–Kier alpha value is -1.79. The third-order valence-corrected chi connectivity index (χ3v) is 4.80. The maximum absolute atomic E-state index is 13.0. The number of carbonyl (C=O) groups is 1. The molecule has 1 aromatic heterocycles. The molecule has 1 amide bonds. The molecule has 7 heteroatoms.